The van der Waals surface area contributed by atoms with Gasteiger partial charge in [-0.1, -0.05) is 109 Å². The molecule has 0 spiro atoms. The van der Waals surface area contributed by atoms with Gasteiger partial charge in [0.05, 0.1) is 0 Å². The zero-order chi connectivity index (χ0) is 16.2. The van der Waals surface area contributed by atoms with E-state index in [2.05, 4.69) is 109 Å². The zero-order valence-corrected chi connectivity index (χ0v) is 13.5. The quantitative estimate of drug-likeness (QED) is 0.550. The van der Waals surface area contributed by atoms with Crippen LogP contribution >= 0.6 is 0 Å². The Balaban J connectivity index is 1.73. The minimum Gasteiger partial charge on any atom is -0.0718 e. The third kappa shape index (κ3) is 2.96. The molecule has 0 heterocycles. The Bertz CT molecular complexity index is 803. The van der Waals surface area contributed by atoms with E-state index in [1.165, 1.54) is 28.2 Å². The van der Waals surface area contributed by atoms with Gasteiger partial charge in [0.2, 0.25) is 0 Å². The first kappa shape index (κ1) is 14.7. The van der Waals surface area contributed by atoms with Gasteiger partial charge in [0.25, 0.3) is 0 Å². The molecule has 1 radical (unpaired) electrons. The molecule has 24 heavy (non-hydrogen) atoms. The summed E-state index contributed by atoms with van der Waals surface area (Å²) in [5.74, 6) is 1.61. The van der Waals surface area contributed by atoms with Crippen molar-refractivity contribution in [2.45, 2.75) is 5.92 Å². The molecule has 3 aromatic carbocycles. The van der Waals surface area contributed by atoms with E-state index < -0.39 is 0 Å². The SMILES string of the molecule is C1=CC(c2ccccc2)=C[C]1C(c1ccccc1)c1ccccc1. The summed E-state index contributed by atoms with van der Waals surface area (Å²) >= 11 is 0. The molecule has 0 aliphatic heterocycles. The second-order valence-electron chi connectivity index (χ2n) is 6.05. The molecule has 0 fully saturated rings. The van der Waals surface area contributed by atoms with Gasteiger partial charge in [-0.25, -0.2) is 0 Å². The summed E-state index contributed by atoms with van der Waals surface area (Å²) in [7, 11) is 0. The Hall–Kier alpha value is -2.86. The second kappa shape index (κ2) is 6.72. The van der Waals surface area contributed by atoms with E-state index in [1.54, 1.807) is 0 Å². The Labute approximate surface area is 143 Å². The van der Waals surface area contributed by atoms with Crippen LogP contribution in [0.3, 0.4) is 0 Å². The maximum Gasteiger partial charge on any atom is 0.0318 e. The molecule has 0 aromatic heterocycles. The topological polar surface area (TPSA) is 0 Å². The van der Waals surface area contributed by atoms with Crippen molar-refractivity contribution in [1.82, 2.24) is 0 Å². The van der Waals surface area contributed by atoms with E-state index in [0.29, 0.717) is 0 Å². The lowest BCUT2D eigenvalue weighted by molar-refractivity contribution is 0.909. The van der Waals surface area contributed by atoms with Gasteiger partial charge < -0.3 is 0 Å². The van der Waals surface area contributed by atoms with Crippen LogP contribution in [0.25, 0.3) is 5.57 Å². The fourth-order valence-corrected chi connectivity index (χ4v) is 3.32. The summed E-state index contributed by atoms with van der Waals surface area (Å²) in [6, 6.07) is 32.1. The highest BCUT2D eigenvalue weighted by Gasteiger charge is 2.25. The monoisotopic (exact) mass is 307 g/mol. The van der Waals surface area contributed by atoms with Crippen molar-refractivity contribution in [2.75, 3.05) is 0 Å². The molecule has 4 rings (SSSR count). The molecule has 0 unspecified atom stereocenters. The predicted octanol–water partition coefficient (Wildman–Crippen LogP) is 6.05. The fraction of sp³-hybridized carbons (Fsp3) is 0.0417. The van der Waals surface area contributed by atoms with E-state index in [4.69, 9.17) is 0 Å². The molecule has 115 valence electrons. The number of allylic oxidation sites excluding steroid dienone is 4. The summed E-state index contributed by atoms with van der Waals surface area (Å²) in [6.07, 6.45) is 6.80. The molecule has 0 atom stereocenters. The molecule has 0 N–H and O–H groups in total. The number of benzene rings is 3. The van der Waals surface area contributed by atoms with E-state index in [9.17, 15) is 0 Å². The molecule has 0 amide bonds. The van der Waals surface area contributed by atoms with Gasteiger partial charge in [-0.05, 0) is 22.3 Å². The van der Waals surface area contributed by atoms with Crippen LogP contribution in [0.1, 0.15) is 22.6 Å². The van der Waals surface area contributed by atoms with Crippen molar-refractivity contribution < 1.29 is 0 Å². The summed E-state index contributed by atoms with van der Waals surface area (Å²) in [6.45, 7) is 0. The first-order valence-electron chi connectivity index (χ1n) is 8.34. The lowest BCUT2D eigenvalue weighted by atomic mass is 9.81. The van der Waals surface area contributed by atoms with Gasteiger partial charge in [0.1, 0.15) is 0 Å². The van der Waals surface area contributed by atoms with Crippen molar-refractivity contribution in [3.8, 4) is 0 Å². The first-order valence-corrected chi connectivity index (χ1v) is 8.34. The Morgan fingerprint density at radius 3 is 1.54 bits per heavy atom. The van der Waals surface area contributed by atoms with E-state index in [1.807, 2.05) is 0 Å². The lowest BCUT2D eigenvalue weighted by Crippen LogP contribution is -2.07. The van der Waals surface area contributed by atoms with E-state index >= 15 is 0 Å². The van der Waals surface area contributed by atoms with Gasteiger partial charge in [-0.2, -0.15) is 0 Å². The first-order chi connectivity index (χ1) is 11.9. The van der Waals surface area contributed by atoms with Crippen LogP contribution in [0, 0.1) is 5.92 Å². The summed E-state index contributed by atoms with van der Waals surface area (Å²) < 4.78 is 0. The van der Waals surface area contributed by atoms with Crippen LogP contribution in [0.5, 0.6) is 0 Å². The number of rotatable bonds is 4. The average Bonchev–Trinajstić information content (AvgIpc) is 3.14. The highest BCUT2D eigenvalue weighted by Crippen LogP contribution is 2.40. The minimum atomic E-state index is 0.268. The maximum absolute atomic E-state index is 2.32. The third-order valence-electron chi connectivity index (χ3n) is 4.48. The lowest BCUT2D eigenvalue weighted by Gasteiger charge is -2.22. The molecular formula is C24H19. The highest BCUT2D eigenvalue weighted by molar-refractivity contribution is 5.81. The van der Waals surface area contributed by atoms with Crippen LogP contribution in [-0.4, -0.2) is 0 Å². The molecule has 3 aromatic rings. The zero-order valence-electron chi connectivity index (χ0n) is 13.5. The van der Waals surface area contributed by atoms with Crippen molar-refractivity contribution >= 4 is 5.57 Å². The largest absolute Gasteiger partial charge is 0.0718 e. The normalized spacial score (nSPS) is 14.1. The van der Waals surface area contributed by atoms with Gasteiger partial charge in [-0.15, -0.1) is 0 Å². The van der Waals surface area contributed by atoms with Gasteiger partial charge in [-0.3, -0.25) is 0 Å². The van der Waals surface area contributed by atoms with Crippen molar-refractivity contribution in [3.63, 3.8) is 0 Å². The molecule has 1 aliphatic carbocycles. The molecule has 0 saturated heterocycles. The summed E-state index contributed by atoms with van der Waals surface area (Å²) in [5, 5.41) is 0. The number of hydrogen-bond acceptors (Lipinski definition) is 0. The summed E-state index contributed by atoms with van der Waals surface area (Å²) in [5.41, 5.74) is 5.20. The Kier molecular flexibility index (Phi) is 4.12. The van der Waals surface area contributed by atoms with Crippen LogP contribution in [-0.2, 0) is 0 Å². The van der Waals surface area contributed by atoms with E-state index in [0.717, 1.165) is 0 Å². The fourth-order valence-electron chi connectivity index (χ4n) is 3.32. The molecule has 0 saturated carbocycles. The average molecular weight is 307 g/mol. The van der Waals surface area contributed by atoms with Crippen LogP contribution in [0.2, 0.25) is 0 Å². The standard InChI is InChI=1S/C24H19/c1-4-10-19(11-5-1)22-16-17-23(18-22)24(20-12-6-2-7-13-20)21-14-8-3-9-15-21/h1-18,24H. The van der Waals surface area contributed by atoms with Crippen LogP contribution < -0.4 is 0 Å². The van der Waals surface area contributed by atoms with Gasteiger partial charge in [0.15, 0.2) is 0 Å². The summed E-state index contributed by atoms with van der Waals surface area (Å²) in [4.78, 5) is 0. The number of hydrogen-bond donors (Lipinski definition) is 0. The molecular weight excluding hydrogens is 288 g/mol. The van der Waals surface area contributed by atoms with Crippen molar-refractivity contribution in [3.05, 3.63) is 132 Å². The van der Waals surface area contributed by atoms with Gasteiger partial charge >= 0.3 is 0 Å². The minimum absolute atomic E-state index is 0.268. The Morgan fingerprint density at radius 1 is 0.500 bits per heavy atom. The molecule has 0 nitrogen and oxygen atoms in total. The third-order valence-corrected chi connectivity index (χ3v) is 4.48. The maximum atomic E-state index is 2.32. The van der Waals surface area contributed by atoms with Crippen LogP contribution in [0.15, 0.2) is 109 Å². The smallest absolute Gasteiger partial charge is 0.0318 e. The molecule has 1 aliphatic rings. The van der Waals surface area contributed by atoms with Gasteiger partial charge in [0, 0.05) is 11.8 Å². The van der Waals surface area contributed by atoms with Crippen LogP contribution in [0.4, 0.5) is 0 Å². The van der Waals surface area contributed by atoms with Crippen molar-refractivity contribution in [2.24, 2.45) is 0 Å². The molecule has 0 bridgehead atoms. The van der Waals surface area contributed by atoms with E-state index in [-0.39, 0.29) is 5.92 Å². The molecule has 0 heteroatoms. The predicted molar refractivity (Wildman–Crippen MR) is 102 cm³/mol. The Morgan fingerprint density at radius 2 is 1.00 bits per heavy atom. The van der Waals surface area contributed by atoms with Crippen molar-refractivity contribution in [1.29, 1.82) is 0 Å². The highest BCUT2D eigenvalue weighted by atomic mass is 14.3. The second-order valence-corrected chi connectivity index (χ2v) is 6.05.